The van der Waals surface area contributed by atoms with Gasteiger partial charge in [-0.1, -0.05) is 27.7 Å². The van der Waals surface area contributed by atoms with E-state index >= 15 is 0 Å². The Morgan fingerprint density at radius 2 is 1.80 bits per heavy atom. The van der Waals surface area contributed by atoms with E-state index in [2.05, 4.69) is 56.8 Å². The highest BCUT2D eigenvalue weighted by Crippen LogP contribution is 2.29. The molecule has 0 atom stereocenters. The molecule has 1 rings (SSSR count). The van der Waals surface area contributed by atoms with Crippen molar-refractivity contribution in [2.75, 3.05) is 12.4 Å². The van der Waals surface area contributed by atoms with Crippen LogP contribution in [0, 0.1) is 5.41 Å². The summed E-state index contributed by atoms with van der Waals surface area (Å²) in [7, 11) is 1.64. The lowest BCUT2D eigenvalue weighted by molar-refractivity contribution is 0.302. The highest BCUT2D eigenvalue weighted by Gasteiger charge is 2.26. The van der Waals surface area contributed by atoms with Gasteiger partial charge in [0.1, 0.15) is 11.6 Å². The zero-order chi connectivity index (χ0) is 15.4. The normalized spacial score (nSPS) is 12.3. The number of nitrogens with zero attached hydrogens (tertiary/aromatic N) is 2. The number of rotatable bonds is 6. The van der Waals surface area contributed by atoms with Crippen LogP contribution in [0.2, 0.25) is 0 Å². The number of hydrogen-bond acceptors (Lipinski definition) is 4. The maximum atomic E-state index is 5.27. The third kappa shape index (κ3) is 5.76. The lowest BCUT2D eigenvalue weighted by atomic mass is 9.82. The van der Waals surface area contributed by atoms with E-state index < -0.39 is 0 Å². The SMILES string of the molecule is CCCc1nc(NC(C)(C)CC(C)(C)C)cc(OC)n1. The predicted molar refractivity (Wildman–Crippen MR) is 84.4 cm³/mol. The molecule has 0 aliphatic carbocycles. The Labute approximate surface area is 123 Å². The number of methoxy groups -OCH3 is 1. The Morgan fingerprint density at radius 1 is 1.15 bits per heavy atom. The van der Waals surface area contributed by atoms with E-state index in [4.69, 9.17) is 4.74 Å². The summed E-state index contributed by atoms with van der Waals surface area (Å²) in [6.45, 7) is 13.3. The Hall–Kier alpha value is -1.32. The van der Waals surface area contributed by atoms with E-state index in [-0.39, 0.29) is 11.0 Å². The quantitative estimate of drug-likeness (QED) is 0.853. The summed E-state index contributed by atoms with van der Waals surface area (Å²) in [4.78, 5) is 8.96. The highest BCUT2D eigenvalue weighted by molar-refractivity contribution is 5.41. The minimum Gasteiger partial charge on any atom is -0.481 e. The van der Waals surface area contributed by atoms with Gasteiger partial charge in [0.15, 0.2) is 0 Å². The van der Waals surface area contributed by atoms with Crippen LogP contribution in [0.5, 0.6) is 5.88 Å². The molecular formula is C16H29N3O. The van der Waals surface area contributed by atoms with Gasteiger partial charge in [-0.3, -0.25) is 0 Å². The van der Waals surface area contributed by atoms with Crippen LogP contribution in [0.25, 0.3) is 0 Å². The molecule has 0 amide bonds. The van der Waals surface area contributed by atoms with Gasteiger partial charge in [0.2, 0.25) is 5.88 Å². The van der Waals surface area contributed by atoms with E-state index in [0.717, 1.165) is 30.9 Å². The molecular weight excluding hydrogens is 250 g/mol. The number of aryl methyl sites for hydroxylation is 1. The molecule has 1 N–H and O–H groups in total. The summed E-state index contributed by atoms with van der Waals surface area (Å²) >= 11 is 0. The molecule has 0 aromatic carbocycles. The van der Waals surface area contributed by atoms with Crippen LogP contribution in [0.4, 0.5) is 5.82 Å². The number of hydrogen-bond donors (Lipinski definition) is 1. The van der Waals surface area contributed by atoms with Gasteiger partial charge in [-0.25, -0.2) is 4.98 Å². The first-order valence-electron chi connectivity index (χ1n) is 7.35. The predicted octanol–water partition coefficient (Wildman–Crippen LogP) is 4.06. The van der Waals surface area contributed by atoms with Crippen LogP contribution in [0.15, 0.2) is 6.07 Å². The largest absolute Gasteiger partial charge is 0.481 e. The van der Waals surface area contributed by atoms with Gasteiger partial charge in [-0.05, 0) is 32.1 Å². The Kier molecular flexibility index (Phi) is 5.37. The van der Waals surface area contributed by atoms with Crippen LogP contribution < -0.4 is 10.1 Å². The molecule has 0 saturated heterocycles. The van der Waals surface area contributed by atoms with E-state index in [1.807, 2.05) is 6.07 Å². The van der Waals surface area contributed by atoms with Gasteiger partial charge in [0, 0.05) is 18.0 Å². The Balaban J connectivity index is 2.92. The molecule has 1 aromatic rings. The molecule has 0 spiro atoms. The standard InChI is InChI=1S/C16H29N3O/c1-8-9-12-17-13(10-14(18-12)20-7)19-16(5,6)11-15(2,3)4/h10H,8-9,11H2,1-7H3,(H,17,18,19). The van der Waals surface area contributed by atoms with Crippen molar-refractivity contribution in [2.45, 2.75) is 66.3 Å². The summed E-state index contributed by atoms with van der Waals surface area (Å²) in [5.41, 5.74) is 0.237. The summed E-state index contributed by atoms with van der Waals surface area (Å²) < 4.78 is 5.27. The maximum Gasteiger partial charge on any atom is 0.218 e. The number of nitrogens with one attached hydrogen (secondary N) is 1. The molecule has 20 heavy (non-hydrogen) atoms. The third-order valence-electron chi connectivity index (χ3n) is 2.87. The summed E-state index contributed by atoms with van der Waals surface area (Å²) in [6.07, 6.45) is 2.94. The van der Waals surface area contributed by atoms with Gasteiger partial charge in [0.25, 0.3) is 0 Å². The van der Waals surface area contributed by atoms with Gasteiger partial charge < -0.3 is 10.1 Å². The van der Waals surface area contributed by atoms with Crippen molar-refractivity contribution in [2.24, 2.45) is 5.41 Å². The molecule has 0 aliphatic rings. The van der Waals surface area contributed by atoms with Crippen molar-refractivity contribution >= 4 is 5.82 Å². The number of anilines is 1. The molecule has 0 unspecified atom stereocenters. The van der Waals surface area contributed by atoms with E-state index in [9.17, 15) is 0 Å². The van der Waals surface area contributed by atoms with E-state index in [0.29, 0.717) is 5.88 Å². The van der Waals surface area contributed by atoms with Crippen LogP contribution in [-0.4, -0.2) is 22.6 Å². The molecule has 0 radical (unpaired) electrons. The lowest BCUT2D eigenvalue weighted by Crippen LogP contribution is -2.35. The molecule has 4 heteroatoms. The second kappa shape index (κ2) is 6.42. The monoisotopic (exact) mass is 279 g/mol. The summed E-state index contributed by atoms with van der Waals surface area (Å²) in [5.74, 6) is 2.30. The molecule has 4 nitrogen and oxygen atoms in total. The molecule has 1 aromatic heterocycles. The first-order valence-corrected chi connectivity index (χ1v) is 7.35. The first kappa shape index (κ1) is 16.7. The van der Waals surface area contributed by atoms with Crippen LogP contribution >= 0.6 is 0 Å². The third-order valence-corrected chi connectivity index (χ3v) is 2.87. The topological polar surface area (TPSA) is 47.0 Å². The van der Waals surface area contributed by atoms with E-state index in [1.54, 1.807) is 7.11 Å². The van der Waals surface area contributed by atoms with Crippen molar-refractivity contribution in [3.8, 4) is 5.88 Å². The molecule has 1 heterocycles. The van der Waals surface area contributed by atoms with Crippen molar-refractivity contribution in [3.05, 3.63) is 11.9 Å². The average molecular weight is 279 g/mol. The average Bonchev–Trinajstić information content (AvgIpc) is 2.24. The minimum absolute atomic E-state index is 0.0267. The van der Waals surface area contributed by atoms with Crippen LogP contribution in [0.1, 0.15) is 60.2 Å². The summed E-state index contributed by atoms with van der Waals surface area (Å²) in [5, 5.41) is 3.52. The van der Waals surface area contributed by atoms with Crippen molar-refractivity contribution in [1.82, 2.24) is 9.97 Å². The van der Waals surface area contributed by atoms with Gasteiger partial charge >= 0.3 is 0 Å². The maximum absolute atomic E-state index is 5.27. The fraction of sp³-hybridized carbons (Fsp3) is 0.750. The smallest absolute Gasteiger partial charge is 0.218 e. The molecule has 114 valence electrons. The van der Waals surface area contributed by atoms with Crippen molar-refractivity contribution < 1.29 is 4.74 Å². The zero-order valence-corrected chi connectivity index (χ0v) is 14.0. The van der Waals surface area contributed by atoms with Crippen molar-refractivity contribution in [1.29, 1.82) is 0 Å². The van der Waals surface area contributed by atoms with Crippen LogP contribution in [-0.2, 0) is 6.42 Å². The lowest BCUT2D eigenvalue weighted by Gasteiger charge is -2.33. The highest BCUT2D eigenvalue weighted by atomic mass is 16.5. The fourth-order valence-electron chi connectivity index (χ4n) is 2.69. The second-order valence-electron chi connectivity index (χ2n) is 7.21. The molecule has 0 aliphatic heterocycles. The minimum atomic E-state index is -0.0267. The molecule has 0 saturated carbocycles. The fourth-order valence-corrected chi connectivity index (χ4v) is 2.69. The van der Waals surface area contributed by atoms with Crippen LogP contribution in [0.3, 0.4) is 0 Å². The Morgan fingerprint density at radius 3 is 2.30 bits per heavy atom. The Bertz CT molecular complexity index is 436. The van der Waals surface area contributed by atoms with Gasteiger partial charge in [-0.15, -0.1) is 0 Å². The van der Waals surface area contributed by atoms with Crippen molar-refractivity contribution in [3.63, 3.8) is 0 Å². The van der Waals surface area contributed by atoms with E-state index in [1.165, 1.54) is 0 Å². The summed E-state index contributed by atoms with van der Waals surface area (Å²) in [6, 6.07) is 1.86. The molecule has 0 bridgehead atoms. The number of ether oxygens (including phenoxy) is 1. The number of aromatic nitrogens is 2. The second-order valence-corrected chi connectivity index (χ2v) is 7.21. The van der Waals surface area contributed by atoms with Gasteiger partial charge in [-0.2, -0.15) is 4.98 Å². The molecule has 0 fully saturated rings. The van der Waals surface area contributed by atoms with Gasteiger partial charge in [0.05, 0.1) is 7.11 Å². The first-order chi connectivity index (χ1) is 9.15. The zero-order valence-electron chi connectivity index (χ0n) is 14.0.